The summed E-state index contributed by atoms with van der Waals surface area (Å²) in [5.41, 5.74) is 0.613. The van der Waals surface area contributed by atoms with Crippen LogP contribution in [-0.2, 0) is 11.2 Å². The number of rotatable bonds is 3. The molecule has 0 spiro atoms. The van der Waals surface area contributed by atoms with Gasteiger partial charge in [-0.15, -0.1) is 0 Å². The van der Waals surface area contributed by atoms with Gasteiger partial charge in [-0.25, -0.2) is 9.67 Å². The third kappa shape index (κ3) is 2.78. The Labute approximate surface area is 134 Å². The number of ether oxygens (including phenoxy) is 1. The Balaban J connectivity index is 1.69. The van der Waals surface area contributed by atoms with E-state index < -0.39 is 0 Å². The normalized spacial score (nSPS) is 22.6. The van der Waals surface area contributed by atoms with E-state index in [1.807, 2.05) is 4.68 Å². The molecule has 0 bridgehead atoms. The molecule has 1 saturated carbocycles. The maximum absolute atomic E-state index is 12.3. The number of H-pyrrole nitrogens is 1. The van der Waals surface area contributed by atoms with E-state index in [0.29, 0.717) is 23.6 Å². The van der Waals surface area contributed by atoms with Crippen molar-refractivity contribution in [1.29, 1.82) is 0 Å². The number of allylic oxidation sites excluding steroid dienone is 1. The molecule has 0 amide bonds. The van der Waals surface area contributed by atoms with Gasteiger partial charge in [-0.2, -0.15) is 5.10 Å². The van der Waals surface area contributed by atoms with Crippen LogP contribution in [0.4, 0.5) is 0 Å². The second kappa shape index (κ2) is 5.83. The molecule has 1 saturated heterocycles. The van der Waals surface area contributed by atoms with Gasteiger partial charge in [0.15, 0.2) is 5.65 Å². The van der Waals surface area contributed by atoms with Crippen LogP contribution in [0.25, 0.3) is 11.0 Å². The second-order valence-corrected chi connectivity index (χ2v) is 6.73. The highest BCUT2D eigenvalue weighted by Crippen LogP contribution is 2.29. The van der Waals surface area contributed by atoms with Crippen molar-refractivity contribution in [3.05, 3.63) is 34.7 Å². The monoisotopic (exact) mass is 314 g/mol. The molecule has 1 N–H and O–H groups in total. The Morgan fingerprint density at radius 1 is 1.35 bits per heavy atom. The zero-order valence-electron chi connectivity index (χ0n) is 13.3. The summed E-state index contributed by atoms with van der Waals surface area (Å²) in [4.78, 5) is 20.0. The molecule has 1 aliphatic carbocycles. The van der Waals surface area contributed by atoms with E-state index in [2.05, 4.69) is 16.7 Å². The number of hydrogen-bond acceptors (Lipinski definition) is 4. The lowest BCUT2D eigenvalue weighted by molar-refractivity contribution is 0.132. The van der Waals surface area contributed by atoms with E-state index in [9.17, 15) is 4.79 Å². The Morgan fingerprint density at radius 3 is 2.96 bits per heavy atom. The van der Waals surface area contributed by atoms with Crippen molar-refractivity contribution in [3.8, 4) is 0 Å². The van der Waals surface area contributed by atoms with Gasteiger partial charge in [-0.1, -0.05) is 32.3 Å². The fourth-order valence-corrected chi connectivity index (χ4v) is 3.81. The molecule has 23 heavy (non-hydrogen) atoms. The lowest BCUT2D eigenvalue weighted by atomic mass is 10.0. The number of hydrogen-bond donors (Lipinski definition) is 1. The first-order valence-corrected chi connectivity index (χ1v) is 8.47. The summed E-state index contributed by atoms with van der Waals surface area (Å²) in [5, 5.41) is 4.99. The zero-order valence-corrected chi connectivity index (χ0v) is 13.3. The quantitative estimate of drug-likeness (QED) is 0.945. The highest BCUT2D eigenvalue weighted by molar-refractivity contribution is 5.73. The summed E-state index contributed by atoms with van der Waals surface area (Å²) < 4.78 is 7.32. The van der Waals surface area contributed by atoms with E-state index in [4.69, 9.17) is 9.72 Å². The minimum atomic E-state index is -0.0832. The molecule has 3 heterocycles. The molecule has 6 heteroatoms. The highest BCUT2D eigenvalue weighted by Gasteiger charge is 2.23. The molecule has 2 fully saturated rings. The van der Waals surface area contributed by atoms with Crippen molar-refractivity contribution < 1.29 is 4.74 Å². The summed E-state index contributed by atoms with van der Waals surface area (Å²) in [6, 6.07) is 0.169. The lowest BCUT2D eigenvalue weighted by Crippen LogP contribution is -2.21. The van der Waals surface area contributed by atoms with Gasteiger partial charge in [0, 0.05) is 19.3 Å². The Kier molecular flexibility index (Phi) is 3.67. The predicted molar refractivity (Wildman–Crippen MR) is 87.2 cm³/mol. The first-order valence-electron chi connectivity index (χ1n) is 8.47. The third-order valence-electron chi connectivity index (χ3n) is 5.04. The average Bonchev–Trinajstić information content (AvgIpc) is 3.17. The highest BCUT2D eigenvalue weighted by atomic mass is 16.5. The van der Waals surface area contributed by atoms with Crippen LogP contribution < -0.4 is 5.56 Å². The number of aromatic amines is 1. The van der Waals surface area contributed by atoms with Crippen LogP contribution in [0, 0.1) is 5.92 Å². The van der Waals surface area contributed by atoms with Crippen molar-refractivity contribution in [1.82, 2.24) is 19.7 Å². The molecule has 122 valence electrons. The molecule has 2 aromatic heterocycles. The SMILES string of the molecule is C=C1CC(n2ncc3c(=O)[nH]c(CC4CCCC4)nc32)CCO1. The van der Waals surface area contributed by atoms with E-state index in [1.165, 1.54) is 25.7 Å². The molecular weight excluding hydrogens is 292 g/mol. The summed E-state index contributed by atoms with van der Waals surface area (Å²) in [6.45, 7) is 4.55. The smallest absolute Gasteiger partial charge is 0.262 e. The van der Waals surface area contributed by atoms with Gasteiger partial charge < -0.3 is 9.72 Å². The minimum Gasteiger partial charge on any atom is -0.498 e. The fraction of sp³-hybridized carbons (Fsp3) is 0.588. The average molecular weight is 314 g/mol. The van der Waals surface area contributed by atoms with Crippen LogP contribution in [-0.4, -0.2) is 26.4 Å². The number of aromatic nitrogens is 4. The lowest BCUT2D eigenvalue weighted by Gasteiger charge is -2.24. The first kappa shape index (κ1) is 14.5. The molecule has 0 radical (unpaired) electrons. The van der Waals surface area contributed by atoms with Crippen LogP contribution in [0.3, 0.4) is 0 Å². The van der Waals surface area contributed by atoms with E-state index in [-0.39, 0.29) is 11.6 Å². The van der Waals surface area contributed by atoms with Crippen LogP contribution in [0.2, 0.25) is 0 Å². The number of nitrogens with one attached hydrogen (secondary N) is 1. The van der Waals surface area contributed by atoms with Crippen molar-refractivity contribution in [2.75, 3.05) is 6.61 Å². The largest absolute Gasteiger partial charge is 0.498 e. The molecule has 4 rings (SSSR count). The van der Waals surface area contributed by atoms with E-state index in [0.717, 1.165) is 30.8 Å². The number of fused-ring (bicyclic) bond motifs is 1. The zero-order chi connectivity index (χ0) is 15.8. The predicted octanol–water partition coefficient (Wildman–Crippen LogP) is 2.72. The molecular formula is C17H22N4O2. The molecule has 2 aliphatic rings. The van der Waals surface area contributed by atoms with E-state index in [1.54, 1.807) is 6.20 Å². The summed E-state index contributed by atoms with van der Waals surface area (Å²) in [7, 11) is 0. The van der Waals surface area contributed by atoms with Gasteiger partial charge in [0.25, 0.3) is 5.56 Å². The van der Waals surface area contributed by atoms with Gasteiger partial charge in [-0.05, 0) is 5.92 Å². The topological polar surface area (TPSA) is 72.8 Å². The summed E-state index contributed by atoms with van der Waals surface area (Å²) in [6.07, 6.45) is 9.13. The Morgan fingerprint density at radius 2 is 2.17 bits per heavy atom. The van der Waals surface area contributed by atoms with Gasteiger partial charge in [0.1, 0.15) is 11.2 Å². The van der Waals surface area contributed by atoms with Gasteiger partial charge in [0.2, 0.25) is 0 Å². The first-order chi connectivity index (χ1) is 11.2. The van der Waals surface area contributed by atoms with Crippen molar-refractivity contribution in [3.63, 3.8) is 0 Å². The standard InChI is InChI=1S/C17H22N4O2/c1-11-8-13(6-7-23-11)21-16-14(10-18-21)17(22)20-15(19-16)9-12-4-2-3-5-12/h10,12-13H,1-9H2,(H,19,20,22). The maximum Gasteiger partial charge on any atom is 0.262 e. The third-order valence-corrected chi connectivity index (χ3v) is 5.04. The van der Waals surface area contributed by atoms with Crippen molar-refractivity contribution in [2.45, 2.75) is 51.0 Å². The second-order valence-electron chi connectivity index (χ2n) is 6.73. The minimum absolute atomic E-state index is 0.0832. The van der Waals surface area contributed by atoms with Gasteiger partial charge in [-0.3, -0.25) is 4.79 Å². The maximum atomic E-state index is 12.3. The van der Waals surface area contributed by atoms with Crippen molar-refractivity contribution >= 4 is 11.0 Å². The van der Waals surface area contributed by atoms with Gasteiger partial charge >= 0.3 is 0 Å². The molecule has 1 unspecified atom stereocenters. The summed E-state index contributed by atoms with van der Waals surface area (Å²) in [5.74, 6) is 2.22. The summed E-state index contributed by atoms with van der Waals surface area (Å²) >= 11 is 0. The van der Waals surface area contributed by atoms with Crippen LogP contribution >= 0.6 is 0 Å². The van der Waals surface area contributed by atoms with E-state index >= 15 is 0 Å². The van der Waals surface area contributed by atoms with Crippen LogP contribution in [0.15, 0.2) is 23.3 Å². The number of nitrogens with zero attached hydrogens (tertiary/aromatic N) is 3. The molecule has 1 atom stereocenters. The Bertz CT molecular complexity index is 785. The van der Waals surface area contributed by atoms with Crippen molar-refractivity contribution in [2.24, 2.45) is 5.92 Å². The molecule has 0 aromatic carbocycles. The fourth-order valence-electron chi connectivity index (χ4n) is 3.81. The molecule has 1 aliphatic heterocycles. The van der Waals surface area contributed by atoms with Gasteiger partial charge in [0.05, 0.1) is 24.6 Å². The van der Waals surface area contributed by atoms with Crippen LogP contribution in [0.5, 0.6) is 0 Å². The Hall–Kier alpha value is -2.11. The molecule has 2 aromatic rings. The van der Waals surface area contributed by atoms with Crippen LogP contribution in [0.1, 0.15) is 50.4 Å². The molecule has 6 nitrogen and oxygen atoms in total.